The van der Waals surface area contributed by atoms with Crippen molar-refractivity contribution >= 4 is 23.4 Å². The molecule has 0 aliphatic carbocycles. The van der Waals surface area contributed by atoms with E-state index in [4.69, 9.17) is 30.1 Å². The summed E-state index contributed by atoms with van der Waals surface area (Å²) < 4.78 is 32.3. The minimum atomic E-state index is -1.60. The molecule has 1 spiro atoms. The molecule has 0 aromatic heterocycles. The van der Waals surface area contributed by atoms with Crippen LogP contribution in [-0.2, 0) is 28.5 Å². The van der Waals surface area contributed by atoms with E-state index in [1.54, 1.807) is 57.0 Å². The van der Waals surface area contributed by atoms with Gasteiger partial charge in [-0.25, -0.2) is 4.58 Å². The molecule has 1 N–H and O–H groups in total. The van der Waals surface area contributed by atoms with Crippen LogP contribution in [0.15, 0.2) is 24.3 Å². The van der Waals surface area contributed by atoms with Crippen LogP contribution < -0.4 is 4.74 Å². The Bertz CT molecular complexity index is 1490. The van der Waals surface area contributed by atoms with Gasteiger partial charge < -0.3 is 38.6 Å². The number of hydrogen-bond acceptors (Lipinski definition) is 10. The number of rotatable bonds is 5. The normalized spacial score (nSPS) is 32.2. The number of methoxy groups -OCH3 is 2. The van der Waals surface area contributed by atoms with E-state index in [9.17, 15) is 19.5 Å². The summed E-state index contributed by atoms with van der Waals surface area (Å²) in [5, 5.41) is 11.4. The SMILES string of the molecule is C#C[C@@]1(OC)C[C@@H](C)CN(C)CC2(CCN(C(=O)c3ccc(OC)cc3)CC2)OC(=O)C(C)(C)C(=O)[C@H](C)[C@H]1O[C@@H]1O[C@H](C)CC(=[N+](C)C)[C@H]1O. The Balaban J connectivity index is 1.66. The fourth-order valence-corrected chi connectivity index (χ4v) is 7.90. The predicted molar refractivity (Wildman–Crippen MR) is 192 cm³/mol. The van der Waals surface area contributed by atoms with E-state index in [0.717, 1.165) is 5.71 Å². The van der Waals surface area contributed by atoms with Crippen molar-refractivity contribution in [2.24, 2.45) is 17.3 Å². The molecule has 282 valence electrons. The summed E-state index contributed by atoms with van der Waals surface area (Å²) in [7, 11) is 8.73. The molecule has 0 unspecified atom stereocenters. The summed E-state index contributed by atoms with van der Waals surface area (Å²) in [6.45, 7) is 10.5. The molecule has 1 amide bonds. The lowest BCUT2D eigenvalue weighted by molar-refractivity contribution is -0.473. The Morgan fingerprint density at radius 2 is 1.71 bits per heavy atom. The van der Waals surface area contributed by atoms with Crippen LogP contribution in [0.2, 0.25) is 0 Å². The second kappa shape index (κ2) is 16.1. The number of terminal acetylenes is 1. The van der Waals surface area contributed by atoms with Crippen LogP contribution in [-0.4, -0.2) is 140 Å². The monoisotopic (exact) mass is 712 g/mol. The van der Waals surface area contributed by atoms with Crippen molar-refractivity contribution in [3.8, 4) is 18.1 Å². The smallest absolute Gasteiger partial charge is 0.319 e. The number of piperidine rings is 1. The van der Waals surface area contributed by atoms with Crippen molar-refractivity contribution in [3.05, 3.63) is 29.8 Å². The van der Waals surface area contributed by atoms with E-state index in [2.05, 4.69) is 17.7 Å². The van der Waals surface area contributed by atoms with Crippen molar-refractivity contribution in [2.45, 2.75) is 96.1 Å². The molecule has 3 saturated heterocycles. The lowest BCUT2D eigenvalue weighted by Gasteiger charge is -2.44. The number of esters is 1. The topological polar surface area (TPSA) is 127 Å². The zero-order chi connectivity index (χ0) is 37.9. The van der Waals surface area contributed by atoms with Gasteiger partial charge in [0, 0.05) is 57.6 Å². The number of carbonyl (C=O) groups is 3. The van der Waals surface area contributed by atoms with Gasteiger partial charge >= 0.3 is 5.97 Å². The molecular weight excluding hydrogens is 654 g/mol. The molecule has 12 nitrogen and oxygen atoms in total. The Labute approximate surface area is 303 Å². The maximum absolute atomic E-state index is 14.5. The van der Waals surface area contributed by atoms with Crippen LogP contribution in [0.1, 0.15) is 70.7 Å². The summed E-state index contributed by atoms with van der Waals surface area (Å²) >= 11 is 0. The first kappa shape index (κ1) is 40.4. The quantitative estimate of drug-likeness (QED) is 0.211. The minimum Gasteiger partial charge on any atom is -0.497 e. The molecule has 7 atom stereocenters. The number of likely N-dealkylation sites (N-methyl/N-ethyl adjacent to an activating group) is 1. The summed E-state index contributed by atoms with van der Waals surface area (Å²) in [5.41, 5.74) is -2.67. The maximum Gasteiger partial charge on any atom is 0.319 e. The lowest BCUT2D eigenvalue weighted by Crippen LogP contribution is -2.58. The van der Waals surface area contributed by atoms with E-state index in [0.29, 0.717) is 63.2 Å². The summed E-state index contributed by atoms with van der Waals surface area (Å²) in [5.74, 6) is 1.26. The fourth-order valence-electron chi connectivity index (χ4n) is 7.90. The number of ether oxygens (including phenoxy) is 5. The van der Waals surface area contributed by atoms with Gasteiger partial charge in [0.25, 0.3) is 5.91 Å². The zero-order valence-corrected chi connectivity index (χ0v) is 32.1. The Morgan fingerprint density at radius 1 is 1.08 bits per heavy atom. The van der Waals surface area contributed by atoms with Gasteiger partial charge in [0.15, 0.2) is 29.5 Å². The van der Waals surface area contributed by atoms with E-state index in [1.165, 1.54) is 7.11 Å². The van der Waals surface area contributed by atoms with Crippen LogP contribution in [0.5, 0.6) is 5.75 Å². The van der Waals surface area contributed by atoms with E-state index >= 15 is 0 Å². The van der Waals surface area contributed by atoms with Crippen molar-refractivity contribution < 1.29 is 47.7 Å². The highest BCUT2D eigenvalue weighted by Gasteiger charge is 2.54. The number of Topliss-reactive ketones (excluding diaryl/α,β-unsaturated/α-hetero) is 1. The second-order valence-electron chi connectivity index (χ2n) is 15.5. The number of carbonyl (C=O) groups excluding carboxylic acids is 3. The van der Waals surface area contributed by atoms with Gasteiger partial charge in [-0.1, -0.05) is 19.8 Å². The molecule has 0 bridgehead atoms. The number of nitrogens with zero attached hydrogens (tertiary/aromatic N) is 3. The summed E-state index contributed by atoms with van der Waals surface area (Å²) in [6, 6.07) is 6.99. The summed E-state index contributed by atoms with van der Waals surface area (Å²) in [6.07, 6.45) is 4.30. The number of likely N-dealkylation sites (tertiary alicyclic amines) is 1. The molecule has 3 aliphatic rings. The molecule has 0 radical (unpaired) electrons. The molecule has 12 heteroatoms. The van der Waals surface area contributed by atoms with Gasteiger partial charge in [-0.3, -0.25) is 14.4 Å². The average Bonchev–Trinajstić information content (AvgIpc) is 3.09. The average molecular weight is 713 g/mol. The summed E-state index contributed by atoms with van der Waals surface area (Å²) in [4.78, 5) is 46.0. The largest absolute Gasteiger partial charge is 0.497 e. The third-order valence-corrected chi connectivity index (χ3v) is 10.8. The highest BCUT2D eigenvalue weighted by atomic mass is 16.7. The van der Waals surface area contributed by atoms with Gasteiger partial charge in [0.1, 0.15) is 37.0 Å². The number of amides is 1. The van der Waals surface area contributed by atoms with Gasteiger partial charge in [0.2, 0.25) is 0 Å². The molecule has 51 heavy (non-hydrogen) atoms. The van der Waals surface area contributed by atoms with E-state index in [1.807, 2.05) is 32.6 Å². The number of benzene rings is 1. The highest BCUT2D eigenvalue weighted by molar-refractivity contribution is 6.04. The second-order valence-corrected chi connectivity index (χ2v) is 15.5. The lowest BCUT2D eigenvalue weighted by atomic mass is 9.73. The number of aliphatic hydroxyl groups excluding tert-OH is 1. The van der Waals surface area contributed by atoms with Gasteiger partial charge in [-0.15, -0.1) is 6.42 Å². The molecule has 1 aromatic carbocycles. The number of ketones is 1. The number of hydrogen-bond donors (Lipinski definition) is 1. The third-order valence-electron chi connectivity index (χ3n) is 10.8. The maximum atomic E-state index is 14.5. The standard InChI is InChI=1S/C39H58N3O9/c1-12-39(48-11)22-25(2)23-41(9)24-38(17-19-42(20-18-38)34(45)28-13-15-29(47-10)16-14-28)51-36(46)37(5,6)32(44)27(4)33(39)50-35-31(43)30(40(7)8)21-26(3)49-35/h1,13-16,25-27,31,33,35,43H,17-24H2,2-11H3/q+1/t25-,26-,27+,31-,33-,35+,39-/m1/s1. The zero-order valence-electron chi connectivity index (χ0n) is 32.1. The third kappa shape index (κ3) is 8.66. The first-order valence-corrected chi connectivity index (χ1v) is 17.9. The van der Waals surface area contributed by atoms with Crippen LogP contribution in [0, 0.1) is 29.6 Å². The van der Waals surface area contributed by atoms with Gasteiger partial charge in [0.05, 0.1) is 19.6 Å². The van der Waals surface area contributed by atoms with E-state index < -0.39 is 52.8 Å². The first-order valence-electron chi connectivity index (χ1n) is 17.9. The van der Waals surface area contributed by atoms with Crippen molar-refractivity contribution in [2.75, 3.05) is 61.5 Å². The molecule has 3 fully saturated rings. The molecule has 3 aliphatic heterocycles. The van der Waals surface area contributed by atoms with Gasteiger partial charge in [-0.2, -0.15) is 0 Å². The fraction of sp³-hybridized carbons (Fsp3) is 0.692. The van der Waals surface area contributed by atoms with Crippen molar-refractivity contribution in [1.29, 1.82) is 0 Å². The van der Waals surface area contributed by atoms with Crippen LogP contribution in [0.25, 0.3) is 0 Å². The molecule has 0 saturated carbocycles. The Kier molecular flexibility index (Phi) is 12.8. The van der Waals surface area contributed by atoms with Gasteiger partial charge in [-0.05, 0) is 64.4 Å². The highest BCUT2D eigenvalue weighted by Crippen LogP contribution is 2.39. The first-order chi connectivity index (χ1) is 23.9. The number of aliphatic hydroxyl groups is 1. The van der Waals surface area contributed by atoms with Crippen LogP contribution >= 0.6 is 0 Å². The molecule has 4 rings (SSSR count). The van der Waals surface area contributed by atoms with Crippen molar-refractivity contribution in [3.63, 3.8) is 0 Å². The van der Waals surface area contributed by atoms with Crippen LogP contribution in [0.3, 0.4) is 0 Å². The van der Waals surface area contributed by atoms with Crippen LogP contribution in [0.4, 0.5) is 0 Å². The predicted octanol–water partition coefficient (Wildman–Crippen LogP) is 3.03. The Hall–Kier alpha value is -3.34. The Morgan fingerprint density at radius 3 is 2.25 bits per heavy atom. The van der Waals surface area contributed by atoms with E-state index in [-0.39, 0.29) is 17.9 Å². The molecule has 3 heterocycles. The van der Waals surface area contributed by atoms with Crippen molar-refractivity contribution in [1.82, 2.24) is 9.80 Å². The molecule has 1 aromatic rings. The molecular formula is C39H58N3O9+. The minimum absolute atomic E-state index is 0.0577.